The minimum absolute atomic E-state index is 0. The van der Waals surface area contributed by atoms with Crippen molar-refractivity contribution < 1.29 is 24.5 Å². The van der Waals surface area contributed by atoms with Gasteiger partial charge >= 0.3 is 11.7 Å². The van der Waals surface area contributed by atoms with Crippen LogP contribution in [-0.4, -0.2) is 50.3 Å². The Labute approximate surface area is 179 Å². The van der Waals surface area contributed by atoms with Gasteiger partial charge in [-0.15, -0.1) is 12.4 Å². The van der Waals surface area contributed by atoms with Crippen LogP contribution in [0, 0.1) is 0 Å². The lowest BCUT2D eigenvalue weighted by Crippen LogP contribution is -2.45. The molecule has 4 N–H and O–H groups in total. The molecule has 0 aromatic carbocycles. The molecule has 12 nitrogen and oxygen atoms in total. The second-order valence-electron chi connectivity index (χ2n) is 6.85. The zero-order valence-corrected chi connectivity index (χ0v) is 17.4. The fourth-order valence-corrected chi connectivity index (χ4v) is 3.05. The second kappa shape index (κ2) is 11.7. The van der Waals surface area contributed by atoms with Crippen LogP contribution in [0.3, 0.4) is 0 Å². The molecule has 4 atom stereocenters. The monoisotopic (exact) mass is 446 g/mol. The Hall–Kier alpha value is -2.37. The highest BCUT2D eigenvalue weighted by Gasteiger charge is 2.56. The van der Waals surface area contributed by atoms with Crippen molar-refractivity contribution in [3.63, 3.8) is 0 Å². The van der Waals surface area contributed by atoms with E-state index in [4.69, 9.17) is 20.7 Å². The molecule has 1 aliphatic heterocycles. The van der Waals surface area contributed by atoms with Gasteiger partial charge in [0.1, 0.15) is 24.6 Å². The predicted molar refractivity (Wildman–Crippen MR) is 109 cm³/mol. The standard InChI is InChI=1S/C17H26N6O6.ClH/c1-2-3-4-5-6-7-12(24)28-10-17(21-22-19)14(26)13(25)15(29-17)23-9-8-11(18)20-16(23)27;/h8-9,13-15,25-26H,2-7,10H2,1H3,(H2,18,20,27);1H/t13-,14+,15-,17-;/m1./s1. The maximum absolute atomic E-state index is 12.0. The van der Waals surface area contributed by atoms with Crippen molar-refractivity contribution in [3.8, 4) is 0 Å². The summed E-state index contributed by atoms with van der Waals surface area (Å²) in [5.74, 6) is -0.581. The molecule has 0 unspecified atom stereocenters. The minimum atomic E-state index is -2.09. The molecule has 0 radical (unpaired) electrons. The van der Waals surface area contributed by atoms with Gasteiger partial charge in [0.2, 0.25) is 5.72 Å². The summed E-state index contributed by atoms with van der Waals surface area (Å²) in [5.41, 5.74) is 11.4. The third-order valence-corrected chi connectivity index (χ3v) is 4.67. The van der Waals surface area contributed by atoms with E-state index < -0.39 is 42.4 Å². The summed E-state index contributed by atoms with van der Waals surface area (Å²) >= 11 is 0. The number of halogens is 1. The van der Waals surface area contributed by atoms with Crippen molar-refractivity contribution in [2.45, 2.75) is 69.6 Å². The number of nitrogens with two attached hydrogens (primary N) is 1. The van der Waals surface area contributed by atoms with Gasteiger partial charge in [0.05, 0.1) is 0 Å². The first-order valence-electron chi connectivity index (χ1n) is 9.45. The molecule has 0 saturated carbocycles. The van der Waals surface area contributed by atoms with Crippen molar-refractivity contribution in [3.05, 3.63) is 33.2 Å². The summed E-state index contributed by atoms with van der Waals surface area (Å²) in [5, 5.41) is 24.2. The van der Waals surface area contributed by atoms with Gasteiger partial charge in [0.25, 0.3) is 0 Å². The van der Waals surface area contributed by atoms with Crippen molar-refractivity contribution in [2.75, 3.05) is 12.3 Å². The first-order chi connectivity index (χ1) is 13.8. The van der Waals surface area contributed by atoms with Crippen LogP contribution >= 0.6 is 12.4 Å². The van der Waals surface area contributed by atoms with Crippen molar-refractivity contribution in [2.24, 2.45) is 5.11 Å². The lowest BCUT2D eigenvalue weighted by Gasteiger charge is -2.26. The number of carbonyl (C=O) groups excluding carboxylic acids is 1. The molecule has 30 heavy (non-hydrogen) atoms. The zero-order valence-electron chi connectivity index (χ0n) is 16.6. The molecule has 0 aliphatic carbocycles. The fraction of sp³-hybridized carbons (Fsp3) is 0.706. The average Bonchev–Trinajstić information content (AvgIpc) is 2.92. The first kappa shape index (κ1) is 25.7. The van der Waals surface area contributed by atoms with Crippen LogP contribution in [0.25, 0.3) is 10.4 Å². The summed E-state index contributed by atoms with van der Waals surface area (Å²) in [6.07, 6.45) is 1.32. The lowest BCUT2D eigenvalue weighted by atomic mass is 10.1. The molecule has 2 rings (SSSR count). The van der Waals surface area contributed by atoms with Gasteiger partial charge in [0, 0.05) is 17.5 Å². The van der Waals surface area contributed by atoms with Gasteiger partial charge in [-0.2, -0.15) is 4.98 Å². The molecule has 1 fully saturated rings. The number of nitrogen functional groups attached to an aromatic ring is 1. The number of carbonyl (C=O) groups is 1. The van der Waals surface area contributed by atoms with E-state index in [1.54, 1.807) is 0 Å². The number of unbranched alkanes of at least 4 members (excludes halogenated alkanes) is 4. The highest BCUT2D eigenvalue weighted by atomic mass is 35.5. The lowest BCUT2D eigenvalue weighted by molar-refractivity contribution is -0.165. The quantitative estimate of drug-likeness (QED) is 0.158. The Morgan fingerprint density at radius 2 is 2.13 bits per heavy atom. The highest BCUT2D eigenvalue weighted by molar-refractivity contribution is 5.85. The van der Waals surface area contributed by atoms with E-state index in [0.29, 0.717) is 6.42 Å². The number of azide groups is 1. The van der Waals surface area contributed by atoms with Crippen LogP contribution in [0.2, 0.25) is 0 Å². The number of aromatic nitrogens is 2. The normalized spacial score (nSPS) is 25.2. The number of esters is 1. The molecule has 2 heterocycles. The van der Waals surface area contributed by atoms with Crippen LogP contribution in [0.1, 0.15) is 51.7 Å². The molecule has 0 amide bonds. The Kier molecular flexibility index (Phi) is 10.0. The van der Waals surface area contributed by atoms with E-state index in [9.17, 15) is 19.8 Å². The number of hydrogen-bond acceptors (Lipinski definition) is 9. The second-order valence-corrected chi connectivity index (χ2v) is 6.85. The summed E-state index contributed by atoms with van der Waals surface area (Å²) in [6, 6.07) is 1.30. The van der Waals surface area contributed by atoms with E-state index in [-0.39, 0.29) is 24.6 Å². The molecular formula is C17H27ClN6O6. The predicted octanol–water partition coefficient (Wildman–Crippen LogP) is 1.41. The number of aliphatic hydroxyl groups is 2. The smallest absolute Gasteiger partial charge is 0.351 e. The van der Waals surface area contributed by atoms with Gasteiger partial charge in [-0.05, 0) is 18.0 Å². The summed E-state index contributed by atoms with van der Waals surface area (Å²) in [7, 11) is 0. The average molecular weight is 447 g/mol. The van der Waals surface area contributed by atoms with Gasteiger partial charge in [-0.1, -0.05) is 37.7 Å². The molecule has 1 aromatic heterocycles. The Morgan fingerprint density at radius 3 is 2.77 bits per heavy atom. The maximum Gasteiger partial charge on any atom is 0.351 e. The zero-order chi connectivity index (χ0) is 21.4. The van der Waals surface area contributed by atoms with Crippen LogP contribution in [0.5, 0.6) is 0 Å². The first-order valence-corrected chi connectivity index (χ1v) is 9.45. The minimum Gasteiger partial charge on any atom is -0.462 e. The van der Waals surface area contributed by atoms with Gasteiger partial charge < -0.3 is 25.4 Å². The fourth-order valence-electron chi connectivity index (χ4n) is 3.05. The number of aliphatic hydroxyl groups excluding tert-OH is 2. The number of nitrogens with zero attached hydrogens (tertiary/aromatic N) is 5. The van der Waals surface area contributed by atoms with Crippen LogP contribution < -0.4 is 11.4 Å². The maximum atomic E-state index is 12.0. The Bertz CT molecular complexity index is 816. The van der Waals surface area contributed by atoms with E-state index in [1.807, 2.05) is 0 Å². The third-order valence-electron chi connectivity index (χ3n) is 4.67. The van der Waals surface area contributed by atoms with E-state index in [2.05, 4.69) is 21.9 Å². The van der Waals surface area contributed by atoms with Gasteiger partial charge in [0.15, 0.2) is 6.23 Å². The number of hydrogen-bond donors (Lipinski definition) is 3. The Balaban J connectivity index is 0.00000450. The Morgan fingerprint density at radius 1 is 1.43 bits per heavy atom. The van der Waals surface area contributed by atoms with Crippen molar-refractivity contribution >= 4 is 24.2 Å². The number of rotatable bonds is 10. The summed E-state index contributed by atoms with van der Waals surface area (Å²) < 4.78 is 11.5. The van der Waals surface area contributed by atoms with E-state index >= 15 is 0 Å². The molecular weight excluding hydrogens is 420 g/mol. The third kappa shape index (κ3) is 6.07. The largest absolute Gasteiger partial charge is 0.462 e. The molecule has 1 aliphatic rings. The molecule has 0 bridgehead atoms. The molecule has 13 heteroatoms. The molecule has 0 spiro atoms. The molecule has 1 aromatic rings. The van der Waals surface area contributed by atoms with Crippen molar-refractivity contribution in [1.82, 2.24) is 9.55 Å². The van der Waals surface area contributed by atoms with Crippen molar-refractivity contribution in [1.29, 1.82) is 0 Å². The number of anilines is 1. The van der Waals surface area contributed by atoms with Crippen LogP contribution in [-0.2, 0) is 14.3 Å². The molecule has 1 saturated heterocycles. The highest BCUT2D eigenvalue weighted by Crippen LogP contribution is 2.38. The van der Waals surface area contributed by atoms with Gasteiger partial charge in [-0.25, -0.2) is 4.79 Å². The van der Waals surface area contributed by atoms with Gasteiger partial charge in [-0.3, -0.25) is 9.36 Å². The number of ether oxygens (including phenoxy) is 2. The van der Waals surface area contributed by atoms with E-state index in [0.717, 1.165) is 30.3 Å². The van der Waals surface area contributed by atoms with Crippen LogP contribution in [0.15, 0.2) is 22.2 Å². The van der Waals surface area contributed by atoms with E-state index in [1.165, 1.54) is 12.3 Å². The summed E-state index contributed by atoms with van der Waals surface area (Å²) in [4.78, 5) is 30.1. The topological polar surface area (TPSA) is 186 Å². The SMILES string of the molecule is CCCCCCCC(=O)OC[C@@]1(N=[N+]=[N-])O[C@@H](n2ccc(N)nc2=O)[C@H](O)[C@@H]1O.Cl. The van der Waals surface area contributed by atoms with Crippen LogP contribution in [0.4, 0.5) is 5.82 Å². The molecule has 168 valence electrons. The summed E-state index contributed by atoms with van der Waals surface area (Å²) in [6.45, 7) is 1.48.